The maximum absolute atomic E-state index is 5.69. The summed E-state index contributed by atoms with van der Waals surface area (Å²) < 4.78 is 7.76. The van der Waals surface area contributed by atoms with E-state index in [0.717, 1.165) is 16.9 Å². The Kier molecular flexibility index (Phi) is 5.40. The fourth-order valence-electron chi connectivity index (χ4n) is 2.21. The maximum Gasteiger partial charge on any atom is 0.216 e. The number of H-pyrrole nitrogens is 1. The summed E-state index contributed by atoms with van der Waals surface area (Å²) in [5, 5.41) is 11.5. The first-order valence-corrected chi connectivity index (χ1v) is 8.54. The Bertz CT molecular complexity index is 895. The van der Waals surface area contributed by atoms with Crippen LogP contribution in [0.15, 0.2) is 59.7 Å². The maximum atomic E-state index is 5.69. The standard InChI is InChI=1S/C19H20N4OS/c1-14(2)13-24-17-10-8-15(9-11-17)12-20-23-18(21-22-19(23)25)16-6-4-3-5-7-16/h3-12,14H,13H2,1-2H3,(H,22,25)/b20-12-. The van der Waals surface area contributed by atoms with Gasteiger partial charge in [-0.15, -0.1) is 0 Å². The van der Waals surface area contributed by atoms with Crippen LogP contribution in [0.5, 0.6) is 5.75 Å². The topological polar surface area (TPSA) is 55.2 Å². The first kappa shape index (κ1) is 17.1. The van der Waals surface area contributed by atoms with E-state index in [4.69, 9.17) is 17.0 Å². The number of aromatic amines is 1. The average molecular weight is 352 g/mol. The number of ether oxygens (including phenoxy) is 1. The van der Waals surface area contributed by atoms with Gasteiger partial charge in [0.2, 0.25) is 4.77 Å². The van der Waals surface area contributed by atoms with Crippen molar-refractivity contribution < 1.29 is 4.74 Å². The molecule has 25 heavy (non-hydrogen) atoms. The molecule has 0 radical (unpaired) electrons. The molecule has 0 spiro atoms. The summed E-state index contributed by atoms with van der Waals surface area (Å²) in [6, 6.07) is 17.6. The number of rotatable bonds is 6. The summed E-state index contributed by atoms with van der Waals surface area (Å²) in [5.41, 5.74) is 1.91. The average Bonchev–Trinajstić information content (AvgIpc) is 3.00. The second kappa shape index (κ2) is 7.90. The molecule has 2 aromatic carbocycles. The van der Waals surface area contributed by atoms with Crippen molar-refractivity contribution in [1.29, 1.82) is 0 Å². The van der Waals surface area contributed by atoms with Crippen molar-refractivity contribution in [1.82, 2.24) is 14.9 Å². The zero-order valence-electron chi connectivity index (χ0n) is 14.2. The Morgan fingerprint density at radius 1 is 1.16 bits per heavy atom. The van der Waals surface area contributed by atoms with Crippen molar-refractivity contribution in [3.8, 4) is 17.1 Å². The molecular weight excluding hydrogens is 332 g/mol. The summed E-state index contributed by atoms with van der Waals surface area (Å²) in [6.07, 6.45) is 1.75. The lowest BCUT2D eigenvalue weighted by Crippen LogP contribution is -2.04. The minimum absolute atomic E-state index is 0.451. The van der Waals surface area contributed by atoms with E-state index in [1.54, 1.807) is 10.9 Å². The Hall–Kier alpha value is -2.73. The van der Waals surface area contributed by atoms with Gasteiger partial charge in [-0.25, -0.2) is 5.10 Å². The third-order valence-electron chi connectivity index (χ3n) is 3.47. The smallest absolute Gasteiger partial charge is 0.216 e. The lowest BCUT2D eigenvalue weighted by Gasteiger charge is -2.08. The van der Waals surface area contributed by atoms with Gasteiger partial charge in [0.05, 0.1) is 12.8 Å². The van der Waals surface area contributed by atoms with Crippen LogP contribution in [0.4, 0.5) is 0 Å². The van der Waals surface area contributed by atoms with Crippen LogP contribution in [-0.4, -0.2) is 27.7 Å². The van der Waals surface area contributed by atoms with Crippen LogP contribution in [-0.2, 0) is 0 Å². The lowest BCUT2D eigenvalue weighted by molar-refractivity contribution is 0.271. The van der Waals surface area contributed by atoms with Crippen molar-refractivity contribution >= 4 is 18.4 Å². The molecule has 0 aliphatic rings. The van der Waals surface area contributed by atoms with E-state index in [1.165, 1.54) is 0 Å². The van der Waals surface area contributed by atoms with Crippen LogP contribution in [0.3, 0.4) is 0 Å². The highest BCUT2D eigenvalue weighted by molar-refractivity contribution is 7.71. The van der Waals surface area contributed by atoms with Crippen LogP contribution in [0.1, 0.15) is 19.4 Å². The normalized spacial score (nSPS) is 11.3. The number of benzene rings is 2. The van der Waals surface area contributed by atoms with Gasteiger partial charge in [-0.2, -0.15) is 14.9 Å². The van der Waals surface area contributed by atoms with Crippen LogP contribution < -0.4 is 4.74 Å². The van der Waals surface area contributed by atoms with Gasteiger partial charge >= 0.3 is 0 Å². The third kappa shape index (κ3) is 4.42. The molecule has 5 nitrogen and oxygen atoms in total. The highest BCUT2D eigenvalue weighted by Gasteiger charge is 2.07. The molecule has 0 amide bonds. The van der Waals surface area contributed by atoms with Crippen molar-refractivity contribution in [2.24, 2.45) is 11.0 Å². The van der Waals surface area contributed by atoms with Gasteiger partial charge in [0.15, 0.2) is 5.82 Å². The number of hydrogen-bond donors (Lipinski definition) is 1. The predicted molar refractivity (Wildman–Crippen MR) is 103 cm³/mol. The summed E-state index contributed by atoms with van der Waals surface area (Å²) in [4.78, 5) is 0. The quantitative estimate of drug-likeness (QED) is 0.524. The van der Waals surface area contributed by atoms with Gasteiger partial charge in [0.1, 0.15) is 5.75 Å². The molecule has 0 aliphatic heterocycles. The fraction of sp³-hybridized carbons (Fsp3) is 0.211. The lowest BCUT2D eigenvalue weighted by atomic mass is 10.2. The minimum atomic E-state index is 0.451. The zero-order chi connectivity index (χ0) is 17.6. The molecule has 3 aromatic rings. The molecule has 0 saturated carbocycles. The molecule has 6 heteroatoms. The third-order valence-corrected chi connectivity index (χ3v) is 3.73. The highest BCUT2D eigenvalue weighted by atomic mass is 32.1. The Labute approximate surface area is 152 Å². The number of nitrogens with one attached hydrogen (secondary N) is 1. The Morgan fingerprint density at radius 3 is 2.56 bits per heavy atom. The minimum Gasteiger partial charge on any atom is -0.493 e. The van der Waals surface area contributed by atoms with E-state index in [0.29, 0.717) is 23.1 Å². The number of hydrogen-bond acceptors (Lipinski definition) is 4. The summed E-state index contributed by atoms with van der Waals surface area (Å²) in [6.45, 7) is 4.96. The van der Waals surface area contributed by atoms with Crippen LogP contribution in [0.2, 0.25) is 0 Å². The second-order valence-corrected chi connectivity index (χ2v) is 6.44. The van der Waals surface area contributed by atoms with Crippen molar-refractivity contribution in [2.75, 3.05) is 6.61 Å². The Balaban J connectivity index is 1.79. The van der Waals surface area contributed by atoms with Crippen LogP contribution in [0.25, 0.3) is 11.4 Å². The molecule has 0 atom stereocenters. The first-order valence-electron chi connectivity index (χ1n) is 8.13. The first-order chi connectivity index (χ1) is 12.1. The molecular formula is C19H20N4OS. The van der Waals surface area contributed by atoms with Crippen molar-refractivity contribution in [3.05, 3.63) is 64.9 Å². The predicted octanol–water partition coefficient (Wildman–Crippen LogP) is 4.52. The molecule has 128 valence electrons. The number of aromatic nitrogens is 3. The van der Waals surface area contributed by atoms with Gasteiger partial charge in [0, 0.05) is 5.56 Å². The summed E-state index contributed by atoms with van der Waals surface area (Å²) in [7, 11) is 0. The van der Waals surface area contributed by atoms with E-state index in [1.807, 2.05) is 54.6 Å². The monoisotopic (exact) mass is 352 g/mol. The van der Waals surface area contributed by atoms with Gasteiger partial charge in [-0.05, 0) is 48.0 Å². The second-order valence-electron chi connectivity index (χ2n) is 6.05. The molecule has 0 saturated heterocycles. The summed E-state index contributed by atoms with van der Waals surface area (Å²) in [5.74, 6) is 2.04. The van der Waals surface area contributed by atoms with Gasteiger partial charge in [0.25, 0.3) is 0 Å². The van der Waals surface area contributed by atoms with E-state index in [-0.39, 0.29) is 0 Å². The number of nitrogens with zero attached hydrogens (tertiary/aromatic N) is 3. The Morgan fingerprint density at radius 2 is 1.88 bits per heavy atom. The highest BCUT2D eigenvalue weighted by Crippen LogP contribution is 2.17. The largest absolute Gasteiger partial charge is 0.493 e. The van der Waals surface area contributed by atoms with Gasteiger partial charge in [-0.3, -0.25) is 0 Å². The van der Waals surface area contributed by atoms with Crippen LogP contribution in [0, 0.1) is 10.7 Å². The van der Waals surface area contributed by atoms with Crippen LogP contribution >= 0.6 is 12.2 Å². The molecule has 0 bridgehead atoms. The SMILES string of the molecule is CC(C)COc1ccc(/C=N\n2c(-c3ccccc3)n[nH]c2=S)cc1. The molecule has 0 fully saturated rings. The van der Waals surface area contributed by atoms with Crippen molar-refractivity contribution in [3.63, 3.8) is 0 Å². The molecule has 1 N–H and O–H groups in total. The molecule has 0 unspecified atom stereocenters. The summed E-state index contributed by atoms with van der Waals surface area (Å²) >= 11 is 5.28. The van der Waals surface area contributed by atoms with Gasteiger partial charge < -0.3 is 4.74 Å². The van der Waals surface area contributed by atoms with E-state index < -0.39 is 0 Å². The molecule has 1 aromatic heterocycles. The molecule has 0 aliphatic carbocycles. The van der Waals surface area contributed by atoms with Crippen molar-refractivity contribution in [2.45, 2.75) is 13.8 Å². The fourth-order valence-corrected chi connectivity index (χ4v) is 2.39. The van der Waals surface area contributed by atoms with E-state index in [2.05, 4.69) is 29.1 Å². The van der Waals surface area contributed by atoms with E-state index in [9.17, 15) is 0 Å². The zero-order valence-corrected chi connectivity index (χ0v) is 15.0. The molecule has 3 rings (SSSR count). The van der Waals surface area contributed by atoms with E-state index >= 15 is 0 Å². The van der Waals surface area contributed by atoms with Gasteiger partial charge in [-0.1, -0.05) is 44.2 Å². The molecule has 1 heterocycles.